The molecule has 4 nitrogen and oxygen atoms in total. The quantitative estimate of drug-likeness (QED) is 0.170. The van der Waals surface area contributed by atoms with E-state index < -0.39 is 0 Å². The van der Waals surface area contributed by atoms with Crippen molar-refractivity contribution in [2.75, 3.05) is 0 Å². The lowest BCUT2D eigenvalue weighted by atomic mass is 10.00. The monoisotopic (exact) mass is 815 g/mol. The molecule has 10 aromatic carbocycles. The number of hydrogen-bond acceptors (Lipinski definition) is 1. The van der Waals surface area contributed by atoms with Gasteiger partial charge in [-0.05, 0) is 113 Å². The molecule has 0 aliphatic heterocycles. The van der Waals surface area contributed by atoms with Gasteiger partial charge in [-0.1, -0.05) is 133 Å². The molecule has 0 aliphatic carbocycles. The molecular weight excluding hydrogens is 779 g/mol. The van der Waals surface area contributed by atoms with Crippen molar-refractivity contribution in [2.24, 2.45) is 0 Å². The van der Waals surface area contributed by atoms with E-state index in [2.05, 4.69) is 232 Å². The van der Waals surface area contributed by atoms with Gasteiger partial charge in [-0.15, -0.1) is 0 Å². The molecule has 0 saturated carbocycles. The fourth-order valence-corrected chi connectivity index (χ4v) is 10.5. The van der Waals surface area contributed by atoms with Gasteiger partial charge in [0.25, 0.3) is 0 Å². The van der Waals surface area contributed by atoms with E-state index in [0.717, 1.165) is 50.0 Å². The van der Waals surface area contributed by atoms with E-state index in [1.54, 1.807) is 0 Å². The summed E-state index contributed by atoms with van der Waals surface area (Å²) in [5, 5.41) is 9.63. The van der Waals surface area contributed by atoms with Crippen LogP contribution in [0.5, 0.6) is 0 Å². The SMILES string of the molecule is c1ccc(-n2c3ccccc3c3cc(-c4ccc5c6ccc(-c7ccc8c9ccccc9n(-c9ccccc9)c8c7)cc6n(-c6ccc7oc8ccccc8c7c6)c5c4)ccc32)cc1. The summed E-state index contributed by atoms with van der Waals surface area (Å²) in [6.45, 7) is 0. The molecule has 298 valence electrons. The summed E-state index contributed by atoms with van der Waals surface area (Å²) in [4.78, 5) is 0. The van der Waals surface area contributed by atoms with Crippen LogP contribution in [0.15, 0.2) is 229 Å². The first-order chi connectivity index (χ1) is 31.7. The second kappa shape index (κ2) is 13.4. The van der Waals surface area contributed by atoms with Crippen molar-refractivity contribution in [1.82, 2.24) is 13.7 Å². The maximum Gasteiger partial charge on any atom is 0.135 e. The van der Waals surface area contributed by atoms with Gasteiger partial charge in [0.1, 0.15) is 11.2 Å². The third kappa shape index (κ3) is 5.11. The number of para-hydroxylation sites is 5. The first-order valence-corrected chi connectivity index (χ1v) is 21.9. The minimum Gasteiger partial charge on any atom is -0.456 e. The molecule has 0 unspecified atom stereocenters. The van der Waals surface area contributed by atoms with E-state index >= 15 is 0 Å². The Labute approximate surface area is 367 Å². The zero-order valence-corrected chi connectivity index (χ0v) is 34.6. The highest BCUT2D eigenvalue weighted by molar-refractivity contribution is 6.15. The predicted molar refractivity (Wildman–Crippen MR) is 268 cm³/mol. The second-order valence-electron chi connectivity index (χ2n) is 16.9. The standard InChI is InChI=1S/C60H37N3O/c1-3-13-42(14-4-1)61-54-21-11-8-18-46(54)51-33-38(26-31-55(51)61)39-23-29-48-49-30-25-41(40-24-28-47-45-17-7-10-20-53(45)62(56(47)35-40)43-15-5-2-6-16-43)36-58(49)63(57(48)34-39)44-27-32-60-52(37-44)50-19-9-12-22-59(50)64-60/h1-37H. The van der Waals surface area contributed by atoms with Gasteiger partial charge in [0, 0.05) is 60.2 Å². The van der Waals surface area contributed by atoms with E-state index in [9.17, 15) is 0 Å². The lowest BCUT2D eigenvalue weighted by Crippen LogP contribution is -1.95. The summed E-state index contributed by atoms with van der Waals surface area (Å²) in [5.41, 5.74) is 17.0. The first kappa shape index (κ1) is 35.0. The van der Waals surface area contributed by atoms with E-state index in [-0.39, 0.29) is 0 Å². The smallest absolute Gasteiger partial charge is 0.135 e. The lowest BCUT2D eigenvalue weighted by Gasteiger charge is -2.11. The third-order valence-corrected chi connectivity index (χ3v) is 13.4. The number of rotatable bonds is 5. The average molecular weight is 816 g/mol. The highest BCUT2D eigenvalue weighted by Crippen LogP contribution is 2.42. The van der Waals surface area contributed by atoms with Crippen LogP contribution in [0.4, 0.5) is 0 Å². The molecule has 0 bridgehead atoms. The van der Waals surface area contributed by atoms with Gasteiger partial charge in [-0.2, -0.15) is 0 Å². The molecule has 4 aromatic heterocycles. The third-order valence-electron chi connectivity index (χ3n) is 13.4. The van der Waals surface area contributed by atoms with E-state index in [1.807, 2.05) is 6.07 Å². The summed E-state index contributed by atoms with van der Waals surface area (Å²) >= 11 is 0. The largest absolute Gasteiger partial charge is 0.456 e. The molecule has 64 heavy (non-hydrogen) atoms. The van der Waals surface area contributed by atoms with Crippen LogP contribution in [0.25, 0.3) is 127 Å². The van der Waals surface area contributed by atoms with E-state index in [4.69, 9.17) is 4.42 Å². The molecule has 0 saturated heterocycles. The average Bonchev–Trinajstić information content (AvgIpc) is 4.09. The fourth-order valence-electron chi connectivity index (χ4n) is 10.5. The summed E-state index contributed by atoms with van der Waals surface area (Å²) in [6, 6.07) is 81.7. The summed E-state index contributed by atoms with van der Waals surface area (Å²) in [6.07, 6.45) is 0. The van der Waals surface area contributed by atoms with Gasteiger partial charge in [-0.25, -0.2) is 0 Å². The molecule has 0 aliphatic rings. The number of hydrogen-bond donors (Lipinski definition) is 0. The van der Waals surface area contributed by atoms with Crippen molar-refractivity contribution >= 4 is 87.4 Å². The van der Waals surface area contributed by atoms with Crippen LogP contribution < -0.4 is 0 Å². The molecule has 14 aromatic rings. The van der Waals surface area contributed by atoms with Crippen molar-refractivity contribution in [2.45, 2.75) is 0 Å². The van der Waals surface area contributed by atoms with Crippen LogP contribution in [0.3, 0.4) is 0 Å². The zero-order valence-electron chi connectivity index (χ0n) is 34.6. The lowest BCUT2D eigenvalue weighted by molar-refractivity contribution is 0.669. The maximum atomic E-state index is 6.33. The zero-order chi connectivity index (χ0) is 41.9. The molecule has 4 heteroatoms. The maximum absolute atomic E-state index is 6.33. The normalized spacial score (nSPS) is 12.1. The van der Waals surface area contributed by atoms with Crippen LogP contribution in [0, 0.1) is 0 Å². The number of benzene rings is 10. The summed E-state index contributed by atoms with van der Waals surface area (Å²) in [5.74, 6) is 0. The molecule has 0 N–H and O–H groups in total. The van der Waals surface area contributed by atoms with Crippen molar-refractivity contribution < 1.29 is 4.42 Å². The van der Waals surface area contributed by atoms with Gasteiger partial charge >= 0.3 is 0 Å². The van der Waals surface area contributed by atoms with Gasteiger partial charge in [0.2, 0.25) is 0 Å². The molecule has 14 rings (SSSR count). The first-order valence-electron chi connectivity index (χ1n) is 21.9. The minimum atomic E-state index is 0.886. The van der Waals surface area contributed by atoms with Crippen LogP contribution in [-0.2, 0) is 0 Å². The Morgan fingerprint density at radius 2 is 0.625 bits per heavy atom. The minimum absolute atomic E-state index is 0.886. The molecule has 0 radical (unpaired) electrons. The Morgan fingerprint density at radius 3 is 1.22 bits per heavy atom. The highest BCUT2D eigenvalue weighted by atomic mass is 16.3. The Hall–Kier alpha value is -8.60. The van der Waals surface area contributed by atoms with Crippen LogP contribution >= 0.6 is 0 Å². The molecule has 0 fully saturated rings. The Balaban J connectivity index is 0.994. The van der Waals surface area contributed by atoms with Crippen LogP contribution in [-0.4, -0.2) is 13.7 Å². The van der Waals surface area contributed by atoms with Crippen molar-refractivity contribution in [3.05, 3.63) is 224 Å². The second-order valence-corrected chi connectivity index (χ2v) is 16.9. The Kier molecular flexibility index (Phi) is 7.36. The molecular formula is C60H37N3O. The van der Waals surface area contributed by atoms with Gasteiger partial charge in [-0.3, -0.25) is 0 Å². The number of fused-ring (bicyclic) bond motifs is 12. The topological polar surface area (TPSA) is 27.9 Å². The summed E-state index contributed by atoms with van der Waals surface area (Å²) in [7, 11) is 0. The number of nitrogens with zero attached hydrogens (tertiary/aromatic N) is 3. The molecule has 0 spiro atoms. The Bertz CT molecular complexity index is 4180. The van der Waals surface area contributed by atoms with Crippen LogP contribution in [0.1, 0.15) is 0 Å². The van der Waals surface area contributed by atoms with Crippen molar-refractivity contribution in [1.29, 1.82) is 0 Å². The highest BCUT2D eigenvalue weighted by Gasteiger charge is 2.19. The Morgan fingerprint density at radius 1 is 0.219 bits per heavy atom. The van der Waals surface area contributed by atoms with Gasteiger partial charge < -0.3 is 18.1 Å². The predicted octanol–water partition coefficient (Wildman–Crippen LogP) is 16.2. The number of aromatic nitrogens is 3. The fraction of sp³-hybridized carbons (Fsp3) is 0. The molecule has 0 atom stereocenters. The van der Waals surface area contributed by atoms with E-state index in [0.29, 0.717) is 0 Å². The van der Waals surface area contributed by atoms with Crippen molar-refractivity contribution in [3.63, 3.8) is 0 Å². The molecule has 4 heterocycles. The van der Waals surface area contributed by atoms with Crippen LogP contribution in [0.2, 0.25) is 0 Å². The number of furan rings is 1. The molecule has 0 amide bonds. The van der Waals surface area contributed by atoms with Crippen molar-refractivity contribution in [3.8, 4) is 39.3 Å². The van der Waals surface area contributed by atoms with E-state index in [1.165, 1.54) is 76.6 Å². The summed E-state index contributed by atoms with van der Waals surface area (Å²) < 4.78 is 13.6. The van der Waals surface area contributed by atoms with Gasteiger partial charge in [0.15, 0.2) is 0 Å². The van der Waals surface area contributed by atoms with Gasteiger partial charge in [0.05, 0.1) is 33.1 Å².